The van der Waals surface area contributed by atoms with Gasteiger partial charge in [0.05, 0.1) is 47.4 Å². The zero-order valence-electron chi connectivity index (χ0n) is 16.0. The summed E-state index contributed by atoms with van der Waals surface area (Å²) in [6.07, 6.45) is -4.72. The van der Waals surface area contributed by atoms with Crippen LogP contribution in [0.2, 0.25) is 0 Å². The molecule has 0 saturated heterocycles. The van der Waals surface area contributed by atoms with E-state index < -0.39 is 56.5 Å². The van der Waals surface area contributed by atoms with Gasteiger partial charge in [-0.1, -0.05) is 0 Å². The molecule has 1 rings (SSSR count). The maximum Gasteiger partial charge on any atom is 0.258 e. The molecular formula is C17H23I3N2O9. The third kappa shape index (κ3) is 7.27. The van der Waals surface area contributed by atoms with Gasteiger partial charge in [-0.15, -0.1) is 0 Å². The van der Waals surface area contributed by atoms with Crippen LogP contribution < -0.4 is 10.2 Å². The van der Waals surface area contributed by atoms with E-state index in [9.17, 15) is 40.2 Å². The molecular weight excluding hydrogens is 757 g/mol. The number of nitrogens with zero attached hydrogens (tertiary/aromatic N) is 1. The smallest absolute Gasteiger partial charge is 0.258 e. The van der Waals surface area contributed by atoms with Crippen LogP contribution in [-0.4, -0.2) is 98.8 Å². The van der Waals surface area contributed by atoms with Crippen molar-refractivity contribution in [2.45, 2.75) is 24.7 Å². The van der Waals surface area contributed by atoms with Crippen LogP contribution in [0.25, 0.3) is 0 Å². The Labute approximate surface area is 218 Å². The molecule has 0 aliphatic heterocycles. The van der Waals surface area contributed by atoms with E-state index >= 15 is 0 Å². The molecule has 176 valence electrons. The Morgan fingerprint density at radius 3 is 1.94 bits per heavy atom. The lowest BCUT2D eigenvalue weighted by molar-refractivity contribution is -0.129. The standard InChI is InChI=1S/C17H23I3N2O9/c18-11-8(1-2-23)12(19)15(13(20)14(11)21-16(30)9(28)5-25)22(3-7(27)4-24)17(31)10(29)6-26/h7,9-10,23-29H,1-6H2,(H,21,30). The highest BCUT2D eigenvalue weighted by Gasteiger charge is 2.32. The lowest BCUT2D eigenvalue weighted by Gasteiger charge is -2.31. The molecule has 3 unspecified atom stereocenters. The number of amides is 2. The van der Waals surface area contributed by atoms with E-state index in [4.69, 9.17) is 5.11 Å². The van der Waals surface area contributed by atoms with Crippen LogP contribution in [-0.2, 0) is 16.0 Å². The van der Waals surface area contributed by atoms with Gasteiger partial charge in [-0.25, -0.2) is 0 Å². The number of anilines is 2. The van der Waals surface area contributed by atoms with E-state index in [1.165, 1.54) is 0 Å². The minimum atomic E-state index is -1.80. The number of aliphatic hydroxyl groups excluding tert-OH is 7. The Kier molecular flexibility index (Phi) is 12.9. The van der Waals surface area contributed by atoms with Crippen molar-refractivity contribution in [3.05, 3.63) is 16.3 Å². The van der Waals surface area contributed by atoms with Crippen LogP contribution in [0.5, 0.6) is 0 Å². The number of aliphatic hydroxyl groups is 7. The Morgan fingerprint density at radius 2 is 1.45 bits per heavy atom. The number of hydrogen-bond donors (Lipinski definition) is 8. The first-order chi connectivity index (χ1) is 14.5. The minimum Gasteiger partial charge on any atom is -0.396 e. The maximum atomic E-state index is 12.8. The average Bonchev–Trinajstić information content (AvgIpc) is 2.76. The average molecular weight is 780 g/mol. The van der Waals surface area contributed by atoms with E-state index in [0.29, 0.717) is 16.3 Å². The molecule has 0 aliphatic carbocycles. The third-order valence-electron chi connectivity index (χ3n) is 4.07. The molecule has 8 N–H and O–H groups in total. The first-order valence-corrected chi connectivity index (χ1v) is 12.1. The van der Waals surface area contributed by atoms with Crippen LogP contribution >= 0.6 is 67.8 Å². The van der Waals surface area contributed by atoms with E-state index in [2.05, 4.69) is 5.32 Å². The van der Waals surface area contributed by atoms with Gasteiger partial charge < -0.3 is 46.0 Å². The molecule has 14 heteroatoms. The van der Waals surface area contributed by atoms with Gasteiger partial charge in [0.1, 0.15) is 0 Å². The van der Waals surface area contributed by atoms with Crippen LogP contribution in [0, 0.1) is 10.7 Å². The molecule has 1 aromatic carbocycles. The second-order valence-corrected chi connectivity index (χ2v) is 9.53. The number of halogens is 3. The van der Waals surface area contributed by atoms with Crippen LogP contribution in [0.1, 0.15) is 5.56 Å². The fourth-order valence-corrected chi connectivity index (χ4v) is 7.04. The first kappa shape index (κ1) is 29.1. The molecule has 0 fully saturated rings. The van der Waals surface area contributed by atoms with Crippen molar-refractivity contribution in [2.75, 3.05) is 43.2 Å². The summed E-state index contributed by atoms with van der Waals surface area (Å²) >= 11 is 5.69. The van der Waals surface area contributed by atoms with Crippen molar-refractivity contribution in [1.29, 1.82) is 0 Å². The summed E-state index contributed by atoms with van der Waals surface area (Å²) < 4.78 is 1.29. The zero-order chi connectivity index (χ0) is 23.9. The molecule has 0 spiro atoms. The number of benzene rings is 1. The molecule has 0 heterocycles. The predicted octanol–water partition coefficient (Wildman–Crippen LogP) is -1.63. The molecule has 3 atom stereocenters. The molecule has 11 nitrogen and oxygen atoms in total. The Balaban J connectivity index is 3.77. The fourth-order valence-electron chi connectivity index (χ4n) is 2.49. The van der Waals surface area contributed by atoms with Gasteiger partial charge in [0.25, 0.3) is 11.8 Å². The van der Waals surface area contributed by atoms with Crippen LogP contribution in [0.4, 0.5) is 11.4 Å². The SMILES string of the molecule is O=C(Nc1c(I)c(CCO)c(I)c(N(CC(O)CO)C(=O)C(O)CO)c1I)C(O)CO. The fraction of sp³-hybridized carbons (Fsp3) is 0.529. The monoisotopic (exact) mass is 780 g/mol. The highest BCUT2D eigenvalue weighted by atomic mass is 127. The van der Waals surface area contributed by atoms with Gasteiger partial charge in [0.2, 0.25) is 0 Å². The summed E-state index contributed by atoms with van der Waals surface area (Å²) in [5, 5.41) is 69.0. The van der Waals surface area contributed by atoms with Gasteiger partial charge >= 0.3 is 0 Å². The van der Waals surface area contributed by atoms with E-state index in [-0.39, 0.29) is 24.4 Å². The van der Waals surface area contributed by atoms with Crippen molar-refractivity contribution in [2.24, 2.45) is 0 Å². The minimum absolute atomic E-state index is 0.138. The maximum absolute atomic E-state index is 12.8. The van der Waals surface area contributed by atoms with Gasteiger partial charge in [-0.05, 0) is 79.8 Å². The molecule has 2 amide bonds. The van der Waals surface area contributed by atoms with E-state index in [1.54, 1.807) is 0 Å². The quantitative estimate of drug-likeness (QED) is 0.122. The number of carbonyl (C=O) groups is 2. The summed E-state index contributed by atoms with van der Waals surface area (Å²) in [6.45, 7) is -3.05. The second-order valence-electron chi connectivity index (χ2n) is 6.29. The van der Waals surface area contributed by atoms with Crippen molar-refractivity contribution in [3.63, 3.8) is 0 Å². The van der Waals surface area contributed by atoms with Gasteiger partial charge in [-0.2, -0.15) is 0 Å². The molecule has 31 heavy (non-hydrogen) atoms. The second kappa shape index (κ2) is 13.7. The largest absolute Gasteiger partial charge is 0.396 e. The molecule has 0 radical (unpaired) electrons. The molecule has 1 aromatic rings. The Morgan fingerprint density at radius 1 is 0.871 bits per heavy atom. The van der Waals surface area contributed by atoms with Crippen LogP contribution in [0.3, 0.4) is 0 Å². The molecule has 0 bridgehead atoms. The number of rotatable bonds is 11. The summed E-state index contributed by atoms with van der Waals surface area (Å²) in [6, 6.07) is 0. The molecule has 0 aliphatic rings. The first-order valence-electron chi connectivity index (χ1n) is 8.84. The lowest BCUT2D eigenvalue weighted by Crippen LogP contribution is -2.46. The summed E-state index contributed by atoms with van der Waals surface area (Å²) in [7, 11) is 0. The topological polar surface area (TPSA) is 191 Å². The molecule has 0 saturated carbocycles. The Hall–Kier alpha value is 0.0700. The number of nitrogens with one attached hydrogen (secondary N) is 1. The summed E-state index contributed by atoms with van der Waals surface area (Å²) in [4.78, 5) is 26.0. The summed E-state index contributed by atoms with van der Waals surface area (Å²) in [5.74, 6) is -1.85. The van der Waals surface area contributed by atoms with Crippen molar-refractivity contribution < 1.29 is 45.3 Å². The van der Waals surface area contributed by atoms with Gasteiger partial charge in [0, 0.05) is 13.7 Å². The van der Waals surface area contributed by atoms with E-state index in [1.807, 2.05) is 67.8 Å². The zero-order valence-corrected chi connectivity index (χ0v) is 22.5. The Bertz CT molecular complexity index is 797. The summed E-state index contributed by atoms with van der Waals surface area (Å²) in [5.41, 5.74) is 0.902. The lowest BCUT2D eigenvalue weighted by atomic mass is 10.1. The number of hydrogen-bond acceptors (Lipinski definition) is 9. The number of carbonyl (C=O) groups excluding carboxylic acids is 2. The van der Waals surface area contributed by atoms with Crippen LogP contribution in [0.15, 0.2) is 0 Å². The highest BCUT2D eigenvalue weighted by molar-refractivity contribution is 14.1. The van der Waals surface area contributed by atoms with Gasteiger partial charge in [0.15, 0.2) is 12.2 Å². The highest BCUT2D eigenvalue weighted by Crippen LogP contribution is 2.41. The van der Waals surface area contributed by atoms with E-state index in [0.717, 1.165) is 4.90 Å². The van der Waals surface area contributed by atoms with Crippen molar-refractivity contribution in [1.82, 2.24) is 0 Å². The predicted molar refractivity (Wildman–Crippen MR) is 136 cm³/mol. The normalized spacial score (nSPS) is 14.1. The van der Waals surface area contributed by atoms with Crippen molar-refractivity contribution >= 4 is 91.0 Å². The molecule has 0 aromatic heterocycles. The third-order valence-corrected chi connectivity index (χ3v) is 7.47. The van der Waals surface area contributed by atoms with Gasteiger partial charge in [-0.3, -0.25) is 9.59 Å². The van der Waals surface area contributed by atoms with Crippen molar-refractivity contribution in [3.8, 4) is 0 Å².